The molecule has 2 aliphatic rings. The summed E-state index contributed by atoms with van der Waals surface area (Å²) in [6.45, 7) is 0.390. The van der Waals surface area contributed by atoms with Gasteiger partial charge < -0.3 is 15.4 Å². The van der Waals surface area contributed by atoms with E-state index in [0.29, 0.717) is 23.4 Å². The maximum atomic E-state index is 13.0. The van der Waals surface area contributed by atoms with Crippen molar-refractivity contribution >= 4 is 11.6 Å². The van der Waals surface area contributed by atoms with E-state index < -0.39 is 18.3 Å². The fraction of sp³-hybridized carbons (Fsp3) is 0.300. The van der Waals surface area contributed by atoms with Crippen LogP contribution in [-0.4, -0.2) is 18.8 Å². The molecule has 1 fully saturated rings. The topological polar surface area (TPSA) is 79.3 Å². The number of anilines is 1. The number of amides is 1. The van der Waals surface area contributed by atoms with E-state index >= 15 is 0 Å². The van der Waals surface area contributed by atoms with Crippen molar-refractivity contribution in [2.24, 2.45) is 5.73 Å². The Balaban J connectivity index is 1.64. The summed E-state index contributed by atoms with van der Waals surface area (Å²) >= 11 is 0. The van der Waals surface area contributed by atoms with Gasteiger partial charge in [0.15, 0.2) is 0 Å². The summed E-state index contributed by atoms with van der Waals surface area (Å²) in [5, 5.41) is 8.88. The number of hydrogen-bond donors (Lipinski definition) is 1. The van der Waals surface area contributed by atoms with Crippen LogP contribution in [0.4, 0.5) is 18.9 Å². The van der Waals surface area contributed by atoms with Crippen molar-refractivity contribution in [1.82, 2.24) is 0 Å². The molecule has 1 saturated carbocycles. The fourth-order valence-electron chi connectivity index (χ4n) is 3.70. The predicted molar refractivity (Wildman–Crippen MR) is 94.5 cm³/mol. The van der Waals surface area contributed by atoms with Crippen LogP contribution in [-0.2, 0) is 10.2 Å². The van der Waals surface area contributed by atoms with Gasteiger partial charge in [0.25, 0.3) is 0 Å². The number of nitriles is 1. The van der Waals surface area contributed by atoms with E-state index in [0.717, 1.165) is 18.4 Å². The quantitative estimate of drug-likeness (QED) is 0.874. The van der Waals surface area contributed by atoms with Gasteiger partial charge in [-0.1, -0.05) is 18.2 Å². The second-order valence-corrected chi connectivity index (χ2v) is 7.14. The molecule has 0 bridgehead atoms. The molecule has 1 spiro atoms. The average Bonchev–Trinajstić information content (AvgIpc) is 3.37. The Morgan fingerprint density at radius 1 is 1.21 bits per heavy atom. The monoisotopic (exact) mass is 387 g/mol. The van der Waals surface area contributed by atoms with Crippen LogP contribution >= 0.6 is 0 Å². The highest BCUT2D eigenvalue weighted by Gasteiger charge is 2.53. The molecular formula is C20H16F3N3O2. The first-order valence-corrected chi connectivity index (χ1v) is 8.70. The number of ether oxygens (including phenoxy) is 1. The Bertz CT molecular complexity index is 976. The number of alkyl halides is 3. The number of carbonyl (C=O) groups excluding carboxylic acids is 1. The van der Waals surface area contributed by atoms with Crippen molar-refractivity contribution in [2.75, 3.05) is 11.4 Å². The van der Waals surface area contributed by atoms with Crippen LogP contribution in [0.25, 0.3) is 0 Å². The number of nitrogens with zero attached hydrogens (tertiary/aromatic N) is 2. The molecular weight excluding hydrogens is 371 g/mol. The minimum Gasteiger partial charge on any atom is -0.406 e. The van der Waals surface area contributed by atoms with Gasteiger partial charge in [0.2, 0.25) is 5.91 Å². The molecule has 1 amide bonds. The lowest BCUT2D eigenvalue weighted by atomic mass is 9.99. The third-order valence-corrected chi connectivity index (χ3v) is 5.31. The molecule has 28 heavy (non-hydrogen) atoms. The summed E-state index contributed by atoms with van der Waals surface area (Å²) in [5.41, 5.74) is 8.17. The summed E-state index contributed by atoms with van der Waals surface area (Å²) in [5.74, 6) is -0.771. The van der Waals surface area contributed by atoms with Gasteiger partial charge in [-0.2, -0.15) is 5.26 Å². The number of hydrogen-bond acceptors (Lipinski definition) is 4. The minimum absolute atomic E-state index is 0.202. The van der Waals surface area contributed by atoms with Gasteiger partial charge in [-0.15, -0.1) is 13.2 Å². The fourth-order valence-corrected chi connectivity index (χ4v) is 3.70. The van der Waals surface area contributed by atoms with Crippen molar-refractivity contribution in [3.8, 4) is 11.8 Å². The summed E-state index contributed by atoms with van der Waals surface area (Å²) < 4.78 is 41.8. The van der Waals surface area contributed by atoms with Gasteiger partial charge in [0, 0.05) is 18.0 Å². The van der Waals surface area contributed by atoms with Crippen molar-refractivity contribution in [2.45, 2.75) is 30.7 Å². The van der Waals surface area contributed by atoms with Crippen LogP contribution in [0.15, 0.2) is 42.5 Å². The molecule has 0 radical (unpaired) electrons. The Labute approximate surface area is 159 Å². The number of rotatable bonds is 3. The molecule has 0 aromatic heterocycles. The summed E-state index contributed by atoms with van der Waals surface area (Å²) in [6.07, 6.45) is -3.07. The largest absolute Gasteiger partial charge is 0.573 e. The number of fused-ring (bicyclic) bond motifs is 2. The lowest BCUT2D eigenvalue weighted by Gasteiger charge is -2.22. The third-order valence-electron chi connectivity index (χ3n) is 5.31. The SMILES string of the molecule is N#Cc1ccc(C(N)C(=O)N2CC3(CC3)c3ccc(OC(F)(F)F)cc32)cc1. The van der Waals surface area contributed by atoms with Gasteiger partial charge in [-0.05, 0) is 42.2 Å². The highest BCUT2D eigenvalue weighted by atomic mass is 19.4. The van der Waals surface area contributed by atoms with Crippen LogP contribution < -0.4 is 15.4 Å². The zero-order valence-electron chi connectivity index (χ0n) is 14.7. The highest BCUT2D eigenvalue weighted by molar-refractivity contribution is 6.00. The molecule has 2 aromatic carbocycles. The predicted octanol–water partition coefficient (Wildman–Crippen LogP) is 3.54. The lowest BCUT2D eigenvalue weighted by molar-refractivity contribution is -0.274. The molecule has 1 unspecified atom stereocenters. The Hall–Kier alpha value is -3.05. The van der Waals surface area contributed by atoms with Crippen LogP contribution in [0.2, 0.25) is 0 Å². The van der Waals surface area contributed by atoms with E-state index in [1.54, 1.807) is 30.3 Å². The summed E-state index contributed by atoms with van der Waals surface area (Å²) in [7, 11) is 0. The first-order chi connectivity index (χ1) is 13.2. The maximum absolute atomic E-state index is 13.0. The Kier molecular flexibility index (Phi) is 4.08. The third kappa shape index (κ3) is 3.18. The van der Waals surface area contributed by atoms with Crippen molar-refractivity contribution in [3.05, 3.63) is 59.2 Å². The number of halogens is 3. The summed E-state index contributed by atoms with van der Waals surface area (Å²) in [4.78, 5) is 14.5. The first-order valence-electron chi connectivity index (χ1n) is 8.70. The van der Waals surface area contributed by atoms with Crippen molar-refractivity contribution < 1.29 is 22.7 Å². The van der Waals surface area contributed by atoms with E-state index in [4.69, 9.17) is 11.0 Å². The zero-order valence-corrected chi connectivity index (χ0v) is 14.7. The lowest BCUT2D eigenvalue weighted by Crippen LogP contribution is -2.39. The van der Waals surface area contributed by atoms with Crippen molar-refractivity contribution in [1.29, 1.82) is 5.26 Å². The smallest absolute Gasteiger partial charge is 0.406 e. The number of benzene rings is 2. The second kappa shape index (κ2) is 6.24. The van der Waals surface area contributed by atoms with E-state index in [9.17, 15) is 18.0 Å². The number of carbonyl (C=O) groups is 1. The molecule has 1 heterocycles. The molecule has 2 N–H and O–H groups in total. The first kappa shape index (κ1) is 18.3. The molecule has 4 rings (SSSR count). The normalized spacial score (nSPS) is 17.8. The van der Waals surface area contributed by atoms with Crippen LogP contribution in [0, 0.1) is 11.3 Å². The van der Waals surface area contributed by atoms with Crippen molar-refractivity contribution in [3.63, 3.8) is 0 Å². The van der Waals surface area contributed by atoms with Gasteiger partial charge in [0.1, 0.15) is 11.8 Å². The molecule has 0 saturated heterocycles. The van der Waals surface area contributed by atoms with E-state index in [1.807, 2.05) is 6.07 Å². The maximum Gasteiger partial charge on any atom is 0.573 e. The molecule has 8 heteroatoms. The Morgan fingerprint density at radius 3 is 2.46 bits per heavy atom. The molecule has 144 valence electrons. The van der Waals surface area contributed by atoms with E-state index in [1.165, 1.54) is 17.0 Å². The zero-order chi connectivity index (χ0) is 20.1. The van der Waals surface area contributed by atoms with Crippen LogP contribution in [0.3, 0.4) is 0 Å². The molecule has 1 atom stereocenters. The van der Waals surface area contributed by atoms with E-state index in [-0.39, 0.29) is 11.2 Å². The van der Waals surface area contributed by atoms with Gasteiger partial charge in [-0.3, -0.25) is 4.79 Å². The van der Waals surface area contributed by atoms with E-state index in [2.05, 4.69) is 4.74 Å². The standard InChI is InChI=1S/C20H16F3N3O2/c21-20(22,23)28-14-5-6-15-16(9-14)26(11-19(15)7-8-19)18(27)17(25)13-3-1-12(10-24)2-4-13/h1-6,9,17H,7-8,11,25H2. The molecule has 5 nitrogen and oxygen atoms in total. The Morgan fingerprint density at radius 2 is 1.89 bits per heavy atom. The van der Waals surface area contributed by atoms with Crippen LogP contribution in [0.5, 0.6) is 5.75 Å². The van der Waals surface area contributed by atoms with Gasteiger partial charge in [-0.25, -0.2) is 0 Å². The average molecular weight is 387 g/mol. The highest BCUT2D eigenvalue weighted by Crippen LogP contribution is 2.57. The summed E-state index contributed by atoms with van der Waals surface area (Å²) in [6, 6.07) is 11.5. The molecule has 1 aliphatic carbocycles. The minimum atomic E-state index is -4.81. The molecule has 2 aromatic rings. The van der Waals surface area contributed by atoms with Crippen LogP contribution in [0.1, 0.15) is 35.6 Å². The second-order valence-electron chi connectivity index (χ2n) is 7.14. The van der Waals surface area contributed by atoms with Gasteiger partial charge >= 0.3 is 6.36 Å². The van der Waals surface area contributed by atoms with Gasteiger partial charge in [0.05, 0.1) is 17.3 Å². The number of nitrogens with two attached hydrogens (primary N) is 1. The molecule has 1 aliphatic heterocycles.